The normalized spacial score (nSPS) is 11.8. The molecular weight excluding hydrogens is 501 g/mol. The number of rotatable bonds is 2. The van der Waals surface area contributed by atoms with Crippen LogP contribution in [0.1, 0.15) is 0 Å². The fraction of sp³-hybridized carbons (Fsp3) is 0. The Hall–Kier alpha value is -3.37. The molecule has 2 heteroatoms. The van der Waals surface area contributed by atoms with Crippen LogP contribution in [0.3, 0.4) is 0 Å². The number of hydrogen-bond acceptors (Lipinski definition) is 1. The van der Waals surface area contributed by atoms with E-state index in [-0.39, 0.29) is 0 Å². The lowest BCUT2D eigenvalue weighted by Gasteiger charge is -2.27. The predicted molar refractivity (Wildman–Crippen MR) is 144 cm³/mol. The molecule has 0 atom stereocenters. The van der Waals surface area contributed by atoms with E-state index < -0.39 is 0 Å². The molecule has 0 N–H and O–H groups in total. The average molecular weight is 521 g/mol. The van der Waals surface area contributed by atoms with Gasteiger partial charge in [-0.2, -0.15) is 0 Å². The Morgan fingerprint density at radius 1 is 0.406 bits per heavy atom. The van der Waals surface area contributed by atoms with E-state index in [2.05, 4.69) is 149 Å². The van der Waals surface area contributed by atoms with Gasteiger partial charge in [0, 0.05) is 20.4 Å². The fourth-order valence-corrected chi connectivity index (χ4v) is 4.96. The van der Waals surface area contributed by atoms with Crippen molar-refractivity contribution < 1.29 is 0 Å². The van der Waals surface area contributed by atoms with Crippen LogP contribution < -0.4 is 4.90 Å². The van der Waals surface area contributed by atoms with E-state index in [4.69, 9.17) is 0 Å². The molecule has 1 aliphatic heterocycles. The monoisotopic (exact) mass is 521 g/mol. The van der Waals surface area contributed by atoms with Crippen LogP contribution in [0.15, 0.2) is 121 Å². The molecule has 0 radical (unpaired) electrons. The van der Waals surface area contributed by atoms with Crippen LogP contribution in [0.25, 0.3) is 33.4 Å². The van der Waals surface area contributed by atoms with Gasteiger partial charge >= 0.3 is 0 Å². The molecule has 5 aromatic carbocycles. The van der Waals surface area contributed by atoms with E-state index >= 15 is 0 Å². The number of benzene rings is 5. The first kappa shape index (κ1) is 19.3. The van der Waals surface area contributed by atoms with Crippen molar-refractivity contribution in [3.05, 3.63) is 125 Å². The van der Waals surface area contributed by atoms with Crippen molar-refractivity contribution >= 4 is 39.7 Å². The smallest absolute Gasteiger partial charge is 0.0540 e. The molecule has 1 aliphatic rings. The van der Waals surface area contributed by atoms with Crippen molar-refractivity contribution in [2.45, 2.75) is 0 Å². The van der Waals surface area contributed by atoms with Crippen molar-refractivity contribution in [1.29, 1.82) is 0 Å². The van der Waals surface area contributed by atoms with Crippen LogP contribution >= 0.6 is 22.6 Å². The van der Waals surface area contributed by atoms with Gasteiger partial charge in [-0.15, -0.1) is 0 Å². The minimum atomic E-state index is 1.16. The number of hydrogen-bond donors (Lipinski definition) is 0. The summed E-state index contributed by atoms with van der Waals surface area (Å²) in [5.74, 6) is 0. The van der Waals surface area contributed by atoms with Gasteiger partial charge in [0.15, 0.2) is 0 Å². The molecule has 5 aromatic rings. The van der Waals surface area contributed by atoms with Gasteiger partial charge in [-0.05, 0) is 81.2 Å². The third-order valence-electron chi connectivity index (χ3n) is 6.10. The first-order valence-electron chi connectivity index (χ1n) is 10.7. The Labute approximate surface area is 202 Å². The number of para-hydroxylation sites is 2. The Kier molecular flexibility index (Phi) is 4.80. The second kappa shape index (κ2) is 7.95. The topological polar surface area (TPSA) is 3.24 Å². The van der Waals surface area contributed by atoms with Crippen LogP contribution in [-0.2, 0) is 0 Å². The van der Waals surface area contributed by atoms with Gasteiger partial charge in [0.05, 0.1) is 11.4 Å². The lowest BCUT2D eigenvalue weighted by Crippen LogP contribution is -2.10. The molecule has 0 unspecified atom stereocenters. The highest BCUT2D eigenvalue weighted by molar-refractivity contribution is 14.1. The van der Waals surface area contributed by atoms with Gasteiger partial charge in [0.25, 0.3) is 0 Å². The lowest BCUT2D eigenvalue weighted by molar-refractivity contribution is 1.29. The van der Waals surface area contributed by atoms with E-state index in [1.165, 1.54) is 48.3 Å². The van der Waals surface area contributed by atoms with Crippen LogP contribution in [-0.4, -0.2) is 0 Å². The van der Waals surface area contributed by atoms with Gasteiger partial charge in [-0.25, -0.2) is 0 Å². The Bertz CT molecular complexity index is 1350. The largest absolute Gasteiger partial charge is 0.309 e. The van der Waals surface area contributed by atoms with Crippen LogP contribution in [0.4, 0.5) is 17.1 Å². The lowest BCUT2D eigenvalue weighted by atomic mass is 9.95. The maximum atomic E-state index is 2.39. The maximum Gasteiger partial charge on any atom is 0.0540 e. The average Bonchev–Trinajstić information content (AvgIpc) is 2.98. The van der Waals surface area contributed by atoms with E-state index in [0.29, 0.717) is 0 Å². The van der Waals surface area contributed by atoms with Gasteiger partial charge < -0.3 is 4.90 Å². The third-order valence-corrected chi connectivity index (χ3v) is 6.82. The molecule has 0 amide bonds. The summed E-state index contributed by atoms with van der Waals surface area (Å²) in [5, 5.41) is 0. The van der Waals surface area contributed by atoms with Gasteiger partial charge in [0.2, 0.25) is 0 Å². The molecule has 0 bridgehead atoms. The maximum absolute atomic E-state index is 2.39. The summed E-state index contributed by atoms with van der Waals surface area (Å²) in [4.78, 5) is 2.39. The van der Waals surface area contributed by atoms with E-state index in [0.717, 1.165) is 5.69 Å². The summed E-state index contributed by atoms with van der Waals surface area (Å²) >= 11 is 2.35. The first-order chi connectivity index (χ1) is 15.8. The summed E-state index contributed by atoms with van der Waals surface area (Å²) in [7, 11) is 0. The zero-order chi connectivity index (χ0) is 21.5. The van der Waals surface area contributed by atoms with Crippen molar-refractivity contribution in [1.82, 2.24) is 0 Å². The molecule has 6 rings (SSSR count). The molecular formula is C30H20IN. The zero-order valence-corrected chi connectivity index (χ0v) is 19.5. The quantitative estimate of drug-likeness (QED) is 0.206. The minimum absolute atomic E-state index is 1.16. The van der Waals surface area contributed by atoms with Gasteiger partial charge in [0.1, 0.15) is 0 Å². The Morgan fingerprint density at radius 2 is 0.812 bits per heavy atom. The molecule has 0 aliphatic carbocycles. The molecule has 0 saturated carbocycles. The summed E-state index contributed by atoms with van der Waals surface area (Å²) < 4.78 is 1.25. The zero-order valence-electron chi connectivity index (χ0n) is 17.4. The van der Waals surface area contributed by atoms with Crippen LogP contribution in [0.5, 0.6) is 0 Å². The number of anilines is 3. The summed E-state index contributed by atoms with van der Waals surface area (Å²) in [6.45, 7) is 0. The highest BCUT2D eigenvalue weighted by Gasteiger charge is 2.25. The van der Waals surface area contributed by atoms with Crippen LogP contribution in [0, 0.1) is 3.57 Å². The van der Waals surface area contributed by atoms with E-state index in [1.807, 2.05) is 0 Å². The second-order valence-electron chi connectivity index (χ2n) is 7.97. The van der Waals surface area contributed by atoms with Crippen molar-refractivity contribution in [2.24, 2.45) is 0 Å². The highest BCUT2D eigenvalue weighted by atomic mass is 127. The summed E-state index contributed by atoms with van der Waals surface area (Å²) in [5.41, 5.74) is 11.1. The summed E-state index contributed by atoms with van der Waals surface area (Å²) in [6.07, 6.45) is 0. The highest BCUT2D eigenvalue weighted by Crippen LogP contribution is 2.50. The number of nitrogens with zero attached hydrogens (tertiary/aromatic N) is 1. The SMILES string of the molecule is Ic1ccc(-c2ccc(N3c4ccccc4-c4ccccc4-c4ccccc43)cc2)cc1. The second-order valence-corrected chi connectivity index (χ2v) is 9.21. The molecule has 1 heterocycles. The summed E-state index contributed by atoms with van der Waals surface area (Å²) in [6, 6.07) is 43.7. The predicted octanol–water partition coefficient (Wildman–Crippen LogP) is 9.08. The fourth-order valence-electron chi connectivity index (χ4n) is 4.60. The van der Waals surface area contributed by atoms with E-state index in [1.54, 1.807) is 0 Å². The van der Waals surface area contributed by atoms with Crippen LogP contribution in [0.2, 0.25) is 0 Å². The van der Waals surface area contributed by atoms with Crippen molar-refractivity contribution in [2.75, 3.05) is 4.90 Å². The van der Waals surface area contributed by atoms with E-state index in [9.17, 15) is 0 Å². The minimum Gasteiger partial charge on any atom is -0.309 e. The van der Waals surface area contributed by atoms with Gasteiger partial charge in [-0.1, -0.05) is 84.9 Å². The third kappa shape index (κ3) is 3.23. The number of halogens is 1. The number of fused-ring (bicyclic) bond motifs is 5. The first-order valence-corrected chi connectivity index (χ1v) is 11.8. The van der Waals surface area contributed by atoms with Crippen molar-refractivity contribution in [3.8, 4) is 33.4 Å². The van der Waals surface area contributed by atoms with Gasteiger partial charge in [-0.3, -0.25) is 0 Å². The molecule has 0 fully saturated rings. The molecule has 152 valence electrons. The molecule has 0 saturated heterocycles. The Balaban J connectivity index is 1.55. The molecule has 1 nitrogen and oxygen atoms in total. The Morgan fingerprint density at radius 3 is 1.31 bits per heavy atom. The molecule has 0 aromatic heterocycles. The molecule has 32 heavy (non-hydrogen) atoms. The molecule has 0 spiro atoms. The van der Waals surface area contributed by atoms with Crippen molar-refractivity contribution in [3.63, 3.8) is 0 Å². The standard InChI is InChI=1S/C30H20IN/c31-23-17-13-21(14-18-23)22-15-19-24(20-16-22)32-29-11-5-3-9-27(29)25-7-1-2-8-26(25)28-10-4-6-12-30(28)32/h1-20H.